The van der Waals surface area contributed by atoms with Gasteiger partial charge in [0.25, 0.3) is 0 Å². The molecule has 1 aliphatic rings. The van der Waals surface area contributed by atoms with Crippen molar-refractivity contribution in [3.05, 3.63) is 52.8 Å². The Balaban J connectivity index is 1.63. The van der Waals surface area contributed by atoms with Crippen LogP contribution in [0.25, 0.3) is 0 Å². The second-order valence-electron chi connectivity index (χ2n) is 7.52. The average Bonchev–Trinajstić information content (AvgIpc) is 3.30. The van der Waals surface area contributed by atoms with Gasteiger partial charge in [-0.25, -0.2) is 4.79 Å². The van der Waals surface area contributed by atoms with Crippen LogP contribution in [0.1, 0.15) is 42.8 Å². The summed E-state index contributed by atoms with van der Waals surface area (Å²) >= 11 is 0. The highest BCUT2D eigenvalue weighted by Gasteiger charge is 2.39. The van der Waals surface area contributed by atoms with Gasteiger partial charge < -0.3 is 15.2 Å². The van der Waals surface area contributed by atoms with E-state index in [1.807, 2.05) is 49.0 Å². The number of aryl methyl sites for hydroxylation is 2. The minimum Gasteiger partial charge on any atom is -0.445 e. The second-order valence-corrected chi connectivity index (χ2v) is 7.52. The minimum absolute atomic E-state index is 0.0824. The molecule has 0 spiro atoms. The minimum atomic E-state index is -0.755. The molecule has 1 aromatic carbocycles. The molecule has 1 aromatic heterocycles. The zero-order chi connectivity index (χ0) is 21.7. The number of amides is 2. The molecule has 0 bridgehead atoms. The van der Waals surface area contributed by atoms with Gasteiger partial charge in [0.15, 0.2) is 0 Å². The third kappa shape index (κ3) is 4.81. The molecule has 2 N–H and O–H groups in total. The average molecular weight is 415 g/mol. The van der Waals surface area contributed by atoms with Crippen molar-refractivity contribution >= 4 is 12.0 Å². The third-order valence-corrected chi connectivity index (χ3v) is 5.49. The van der Waals surface area contributed by atoms with Crippen LogP contribution in [0.2, 0.25) is 0 Å². The smallest absolute Gasteiger partial charge is 0.410 e. The molecular weight excluding hydrogens is 384 g/mol. The molecule has 0 aliphatic carbocycles. The fraction of sp³-hybridized carbons (Fsp3) is 0.500. The number of nitrogens with one attached hydrogen (secondary N) is 1. The number of carbonyl (C=O) groups excluding carboxylic acids is 2. The molecule has 8 heteroatoms. The lowest BCUT2D eigenvalue weighted by molar-refractivity contribution is -0.125. The van der Waals surface area contributed by atoms with Gasteiger partial charge in [0.05, 0.1) is 18.3 Å². The Morgan fingerprint density at radius 2 is 1.97 bits per heavy atom. The van der Waals surface area contributed by atoms with Crippen molar-refractivity contribution in [1.29, 1.82) is 0 Å². The summed E-state index contributed by atoms with van der Waals surface area (Å²) in [6.45, 7) is 4.64. The largest absolute Gasteiger partial charge is 0.445 e. The van der Waals surface area contributed by atoms with Crippen LogP contribution in [0.3, 0.4) is 0 Å². The Labute approximate surface area is 176 Å². The first-order valence-corrected chi connectivity index (χ1v) is 10.4. The molecule has 8 nitrogen and oxygen atoms in total. The van der Waals surface area contributed by atoms with E-state index in [2.05, 4.69) is 17.3 Å². The van der Waals surface area contributed by atoms with E-state index >= 15 is 0 Å². The van der Waals surface area contributed by atoms with E-state index in [0.717, 1.165) is 35.4 Å². The normalized spacial score (nSPS) is 18.5. The van der Waals surface area contributed by atoms with Crippen molar-refractivity contribution < 1.29 is 19.4 Å². The third-order valence-electron chi connectivity index (χ3n) is 5.49. The SMILES string of the molecule is CCc1nn(C)c(CC)c1CNC(=O)[C@@H]1C[C@@H](O)CN1C(=O)OCc1ccccc1. The van der Waals surface area contributed by atoms with Gasteiger partial charge in [-0.05, 0) is 18.4 Å². The molecule has 1 saturated heterocycles. The summed E-state index contributed by atoms with van der Waals surface area (Å²) in [5.41, 5.74) is 3.92. The Hall–Kier alpha value is -2.87. The number of nitrogens with zero attached hydrogens (tertiary/aromatic N) is 3. The maximum Gasteiger partial charge on any atom is 0.410 e. The second kappa shape index (κ2) is 9.75. The van der Waals surface area contributed by atoms with E-state index in [1.54, 1.807) is 0 Å². The zero-order valence-electron chi connectivity index (χ0n) is 17.8. The summed E-state index contributed by atoms with van der Waals surface area (Å²) in [7, 11) is 1.90. The topological polar surface area (TPSA) is 96.7 Å². The van der Waals surface area contributed by atoms with Crippen molar-refractivity contribution in [2.75, 3.05) is 6.54 Å². The van der Waals surface area contributed by atoms with Crippen LogP contribution < -0.4 is 5.32 Å². The number of carbonyl (C=O) groups is 2. The first-order chi connectivity index (χ1) is 14.4. The number of aliphatic hydroxyl groups is 1. The van der Waals surface area contributed by atoms with Crippen LogP contribution in [0, 0.1) is 0 Å². The Morgan fingerprint density at radius 3 is 2.63 bits per heavy atom. The van der Waals surface area contributed by atoms with Gasteiger partial charge in [0.1, 0.15) is 12.6 Å². The molecular formula is C22H30N4O4. The monoisotopic (exact) mass is 414 g/mol. The highest BCUT2D eigenvalue weighted by atomic mass is 16.6. The van der Waals surface area contributed by atoms with E-state index in [1.165, 1.54) is 4.90 Å². The summed E-state index contributed by atoms with van der Waals surface area (Å²) in [4.78, 5) is 26.7. The summed E-state index contributed by atoms with van der Waals surface area (Å²) < 4.78 is 7.22. The number of ether oxygens (including phenoxy) is 1. The van der Waals surface area contributed by atoms with Crippen molar-refractivity contribution in [2.24, 2.45) is 7.05 Å². The number of aromatic nitrogens is 2. The highest BCUT2D eigenvalue weighted by Crippen LogP contribution is 2.21. The van der Waals surface area contributed by atoms with Crippen molar-refractivity contribution in [3.63, 3.8) is 0 Å². The molecule has 30 heavy (non-hydrogen) atoms. The van der Waals surface area contributed by atoms with Crippen molar-refractivity contribution in [2.45, 2.75) is 58.4 Å². The fourth-order valence-corrected chi connectivity index (χ4v) is 3.95. The van der Waals surface area contributed by atoms with Crippen LogP contribution >= 0.6 is 0 Å². The van der Waals surface area contributed by atoms with Crippen molar-refractivity contribution in [1.82, 2.24) is 20.0 Å². The van der Waals surface area contributed by atoms with E-state index in [9.17, 15) is 14.7 Å². The maximum absolute atomic E-state index is 12.9. The lowest BCUT2D eigenvalue weighted by Crippen LogP contribution is -2.46. The number of aliphatic hydroxyl groups excluding tert-OH is 1. The van der Waals surface area contributed by atoms with Gasteiger partial charge in [-0.1, -0.05) is 44.2 Å². The van der Waals surface area contributed by atoms with Gasteiger partial charge in [-0.3, -0.25) is 14.4 Å². The molecule has 2 amide bonds. The summed E-state index contributed by atoms with van der Waals surface area (Å²) in [6.07, 6.45) is 0.440. The molecule has 2 aromatic rings. The van der Waals surface area contributed by atoms with E-state index in [-0.39, 0.29) is 25.5 Å². The van der Waals surface area contributed by atoms with E-state index in [4.69, 9.17) is 4.74 Å². The summed E-state index contributed by atoms with van der Waals surface area (Å²) in [5.74, 6) is -0.295. The number of rotatable bonds is 7. The lowest BCUT2D eigenvalue weighted by atomic mass is 10.1. The molecule has 162 valence electrons. The summed E-state index contributed by atoms with van der Waals surface area (Å²) in [5, 5.41) is 17.5. The fourth-order valence-electron chi connectivity index (χ4n) is 3.95. The highest BCUT2D eigenvalue weighted by molar-refractivity contribution is 5.86. The quantitative estimate of drug-likeness (QED) is 0.722. The van der Waals surface area contributed by atoms with Crippen LogP contribution in [0.4, 0.5) is 4.79 Å². The van der Waals surface area contributed by atoms with Crippen LogP contribution in [-0.2, 0) is 42.6 Å². The van der Waals surface area contributed by atoms with Crippen LogP contribution in [0.5, 0.6) is 0 Å². The first-order valence-electron chi connectivity index (χ1n) is 10.4. The van der Waals surface area contributed by atoms with Gasteiger partial charge in [0.2, 0.25) is 5.91 Å². The zero-order valence-corrected chi connectivity index (χ0v) is 17.8. The molecule has 1 aliphatic heterocycles. The molecule has 2 heterocycles. The predicted octanol–water partition coefficient (Wildman–Crippen LogP) is 1.93. The Bertz CT molecular complexity index is 881. The van der Waals surface area contributed by atoms with E-state index < -0.39 is 18.2 Å². The number of benzene rings is 1. The Kier molecular flexibility index (Phi) is 7.10. The molecule has 3 rings (SSSR count). The predicted molar refractivity (Wildman–Crippen MR) is 112 cm³/mol. The van der Waals surface area contributed by atoms with Gasteiger partial charge in [0, 0.05) is 31.3 Å². The molecule has 0 saturated carbocycles. The van der Waals surface area contributed by atoms with Gasteiger partial charge in [-0.2, -0.15) is 5.10 Å². The molecule has 2 atom stereocenters. The first kappa shape index (κ1) is 21.8. The van der Waals surface area contributed by atoms with Gasteiger partial charge >= 0.3 is 6.09 Å². The molecule has 0 unspecified atom stereocenters. The molecule has 0 radical (unpaired) electrons. The molecule has 1 fully saturated rings. The Morgan fingerprint density at radius 1 is 1.23 bits per heavy atom. The van der Waals surface area contributed by atoms with Gasteiger partial charge in [-0.15, -0.1) is 0 Å². The van der Waals surface area contributed by atoms with Crippen molar-refractivity contribution in [3.8, 4) is 0 Å². The van der Waals surface area contributed by atoms with E-state index in [0.29, 0.717) is 6.54 Å². The number of hydrogen-bond donors (Lipinski definition) is 2. The summed E-state index contributed by atoms with van der Waals surface area (Å²) in [6, 6.07) is 8.59. The standard InChI is InChI=1S/C22H30N4O4/c1-4-18-17(19(5-2)25(3)24-18)12-23-21(28)20-11-16(27)13-26(20)22(29)30-14-15-9-7-6-8-10-15/h6-10,16,20,27H,4-5,11-14H2,1-3H3,(H,23,28)/t16-,20+/m1/s1. The lowest BCUT2D eigenvalue weighted by Gasteiger charge is -2.23. The number of β-amino-alcohol motifs (C(OH)–C–C–N with tert-alkyl or cyclic N) is 1. The van der Waals surface area contributed by atoms with Crippen LogP contribution in [0.15, 0.2) is 30.3 Å². The van der Waals surface area contributed by atoms with Crippen LogP contribution in [-0.4, -0.2) is 50.5 Å². The number of hydrogen-bond acceptors (Lipinski definition) is 5. The maximum atomic E-state index is 12.9. The number of likely N-dealkylation sites (tertiary alicyclic amines) is 1.